The zero-order valence-corrected chi connectivity index (χ0v) is 11.1. The van der Waals surface area contributed by atoms with Crippen molar-refractivity contribution >= 4 is 11.6 Å². The molecule has 0 bridgehead atoms. The summed E-state index contributed by atoms with van der Waals surface area (Å²) in [5, 5.41) is 11.8. The molecule has 0 fully saturated rings. The van der Waals surface area contributed by atoms with Crippen molar-refractivity contribution in [3.63, 3.8) is 0 Å². The molecule has 0 aliphatic carbocycles. The second-order valence-corrected chi connectivity index (χ2v) is 4.57. The van der Waals surface area contributed by atoms with Gasteiger partial charge in [-0.1, -0.05) is 12.1 Å². The van der Waals surface area contributed by atoms with Gasteiger partial charge in [0, 0.05) is 12.1 Å². The standard InChI is InChI=1S/C15H11F4NO2/c16-9-3-1-2-8(4-9)14(21)7-15(22)20-13-6-11(18)10(17)5-12(13)19/h1-6,14,21H,7H2,(H,20,22). The molecule has 22 heavy (non-hydrogen) atoms. The number of amides is 1. The van der Waals surface area contributed by atoms with E-state index in [-0.39, 0.29) is 5.56 Å². The van der Waals surface area contributed by atoms with E-state index in [0.29, 0.717) is 12.1 Å². The second kappa shape index (κ2) is 6.57. The van der Waals surface area contributed by atoms with Crippen LogP contribution in [0.25, 0.3) is 0 Å². The lowest BCUT2D eigenvalue weighted by molar-refractivity contribution is -0.118. The van der Waals surface area contributed by atoms with Crippen LogP contribution in [0.1, 0.15) is 18.1 Å². The molecule has 0 spiro atoms. The zero-order chi connectivity index (χ0) is 16.3. The van der Waals surface area contributed by atoms with Crippen molar-refractivity contribution in [2.24, 2.45) is 0 Å². The lowest BCUT2D eigenvalue weighted by atomic mass is 10.1. The van der Waals surface area contributed by atoms with Crippen LogP contribution < -0.4 is 5.32 Å². The van der Waals surface area contributed by atoms with E-state index >= 15 is 0 Å². The van der Waals surface area contributed by atoms with E-state index in [9.17, 15) is 27.5 Å². The van der Waals surface area contributed by atoms with Gasteiger partial charge in [0.15, 0.2) is 11.6 Å². The largest absolute Gasteiger partial charge is 0.388 e. The minimum atomic E-state index is -1.38. The van der Waals surface area contributed by atoms with Gasteiger partial charge in [0.05, 0.1) is 18.2 Å². The minimum absolute atomic E-state index is 0.168. The third-order valence-corrected chi connectivity index (χ3v) is 2.90. The maximum atomic E-state index is 13.4. The van der Waals surface area contributed by atoms with Gasteiger partial charge in [-0.25, -0.2) is 17.6 Å². The maximum absolute atomic E-state index is 13.4. The number of aliphatic hydroxyl groups excluding tert-OH is 1. The molecular formula is C15H11F4NO2. The highest BCUT2D eigenvalue weighted by Gasteiger charge is 2.16. The fourth-order valence-corrected chi connectivity index (χ4v) is 1.83. The summed E-state index contributed by atoms with van der Waals surface area (Å²) >= 11 is 0. The summed E-state index contributed by atoms with van der Waals surface area (Å²) in [6.07, 6.45) is -1.81. The summed E-state index contributed by atoms with van der Waals surface area (Å²) in [6.45, 7) is 0. The topological polar surface area (TPSA) is 49.3 Å². The summed E-state index contributed by atoms with van der Waals surface area (Å²) in [5.74, 6) is -5.25. The van der Waals surface area contributed by atoms with Crippen LogP contribution in [-0.2, 0) is 4.79 Å². The van der Waals surface area contributed by atoms with Crippen LogP contribution in [0, 0.1) is 23.3 Å². The van der Waals surface area contributed by atoms with E-state index in [1.54, 1.807) is 0 Å². The third-order valence-electron chi connectivity index (χ3n) is 2.90. The Balaban J connectivity index is 2.06. The molecule has 7 heteroatoms. The molecule has 0 saturated carbocycles. The number of aliphatic hydroxyl groups is 1. The maximum Gasteiger partial charge on any atom is 0.227 e. The molecule has 2 aromatic rings. The van der Waals surface area contributed by atoms with Crippen LogP contribution in [0.15, 0.2) is 36.4 Å². The predicted octanol–water partition coefficient (Wildman–Crippen LogP) is 3.31. The summed E-state index contributed by atoms with van der Waals surface area (Å²) in [7, 11) is 0. The summed E-state index contributed by atoms with van der Waals surface area (Å²) in [6, 6.07) is 5.80. The van der Waals surface area contributed by atoms with E-state index < -0.39 is 47.4 Å². The first-order valence-corrected chi connectivity index (χ1v) is 6.24. The highest BCUT2D eigenvalue weighted by Crippen LogP contribution is 2.21. The van der Waals surface area contributed by atoms with Crippen LogP contribution in [0.2, 0.25) is 0 Å². The molecule has 1 atom stereocenters. The fraction of sp³-hybridized carbons (Fsp3) is 0.133. The van der Waals surface area contributed by atoms with Crippen LogP contribution in [0.4, 0.5) is 23.2 Å². The SMILES string of the molecule is O=C(CC(O)c1cccc(F)c1)Nc1cc(F)c(F)cc1F. The Hall–Kier alpha value is -2.41. The molecule has 2 aromatic carbocycles. The number of benzene rings is 2. The van der Waals surface area contributed by atoms with Gasteiger partial charge in [-0.15, -0.1) is 0 Å². The van der Waals surface area contributed by atoms with Gasteiger partial charge in [0.2, 0.25) is 5.91 Å². The number of hydrogen-bond donors (Lipinski definition) is 2. The Morgan fingerprint density at radius 2 is 1.73 bits per heavy atom. The highest BCUT2D eigenvalue weighted by atomic mass is 19.2. The Kier molecular flexibility index (Phi) is 4.77. The quantitative estimate of drug-likeness (QED) is 0.672. The van der Waals surface area contributed by atoms with Gasteiger partial charge in [0.1, 0.15) is 11.6 Å². The lowest BCUT2D eigenvalue weighted by Gasteiger charge is -2.12. The highest BCUT2D eigenvalue weighted by molar-refractivity contribution is 5.91. The first-order valence-electron chi connectivity index (χ1n) is 6.24. The molecule has 0 aromatic heterocycles. The van der Waals surface area contributed by atoms with Gasteiger partial charge in [0.25, 0.3) is 0 Å². The van der Waals surface area contributed by atoms with Crippen molar-refractivity contribution in [3.8, 4) is 0 Å². The van der Waals surface area contributed by atoms with Gasteiger partial charge in [-0.05, 0) is 17.7 Å². The lowest BCUT2D eigenvalue weighted by Crippen LogP contribution is -2.16. The smallest absolute Gasteiger partial charge is 0.227 e. The second-order valence-electron chi connectivity index (χ2n) is 4.57. The van der Waals surface area contributed by atoms with Gasteiger partial charge in [-0.3, -0.25) is 4.79 Å². The Morgan fingerprint density at radius 3 is 2.41 bits per heavy atom. The van der Waals surface area contributed by atoms with Crippen molar-refractivity contribution in [2.75, 3.05) is 5.32 Å². The third kappa shape index (κ3) is 3.82. The molecule has 0 saturated heterocycles. The number of rotatable bonds is 4. The van der Waals surface area contributed by atoms with Crippen molar-refractivity contribution in [2.45, 2.75) is 12.5 Å². The Labute approximate surface area is 123 Å². The molecule has 1 amide bonds. The number of halogens is 4. The van der Waals surface area contributed by atoms with E-state index in [4.69, 9.17) is 0 Å². The van der Waals surface area contributed by atoms with Crippen molar-refractivity contribution in [1.82, 2.24) is 0 Å². The monoisotopic (exact) mass is 313 g/mol. The van der Waals surface area contributed by atoms with Gasteiger partial charge < -0.3 is 10.4 Å². The number of anilines is 1. The van der Waals surface area contributed by atoms with Crippen LogP contribution >= 0.6 is 0 Å². The normalized spacial score (nSPS) is 12.0. The van der Waals surface area contributed by atoms with E-state index in [2.05, 4.69) is 0 Å². The number of carbonyl (C=O) groups excluding carboxylic acids is 1. The van der Waals surface area contributed by atoms with Gasteiger partial charge >= 0.3 is 0 Å². The number of carbonyl (C=O) groups is 1. The molecule has 0 radical (unpaired) electrons. The molecule has 0 heterocycles. The van der Waals surface area contributed by atoms with E-state index in [0.717, 1.165) is 6.07 Å². The van der Waals surface area contributed by atoms with Crippen LogP contribution in [0.3, 0.4) is 0 Å². The van der Waals surface area contributed by atoms with E-state index in [1.165, 1.54) is 18.2 Å². The first kappa shape index (κ1) is 16.0. The van der Waals surface area contributed by atoms with Crippen molar-refractivity contribution in [1.29, 1.82) is 0 Å². The average molecular weight is 313 g/mol. The molecule has 1 unspecified atom stereocenters. The molecule has 2 rings (SSSR count). The van der Waals surface area contributed by atoms with E-state index in [1.807, 2.05) is 5.32 Å². The Bertz CT molecular complexity index is 706. The fourth-order valence-electron chi connectivity index (χ4n) is 1.83. The van der Waals surface area contributed by atoms with Crippen molar-refractivity contribution < 1.29 is 27.5 Å². The number of hydrogen-bond acceptors (Lipinski definition) is 2. The predicted molar refractivity (Wildman–Crippen MR) is 70.9 cm³/mol. The Morgan fingerprint density at radius 1 is 1.05 bits per heavy atom. The van der Waals surface area contributed by atoms with Crippen molar-refractivity contribution in [3.05, 3.63) is 65.2 Å². The summed E-state index contributed by atoms with van der Waals surface area (Å²) in [4.78, 5) is 11.7. The molecule has 0 aliphatic heterocycles. The van der Waals surface area contributed by atoms with Crippen LogP contribution in [0.5, 0.6) is 0 Å². The molecule has 2 N–H and O–H groups in total. The molecule has 116 valence electrons. The average Bonchev–Trinajstić information content (AvgIpc) is 2.44. The molecule has 0 aliphatic rings. The summed E-state index contributed by atoms with van der Waals surface area (Å²) < 4.78 is 52.1. The van der Waals surface area contributed by atoms with Gasteiger partial charge in [-0.2, -0.15) is 0 Å². The molecular weight excluding hydrogens is 302 g/mol. The van der Waals surface area contributed by atoms with Crippen LogP contribution in [-0.4, -0.2) is 11.0 Å². The molecule has 3 nitrogen and oxygen atoms in total. The minimum Gasteiger partial charge on any atom is -0.388 e. The zero-order valence-electron chi connectivity index (χ0n) is 11.1. The first-order chi connectivity index (χ1) is 10.4. The number of nitrogens with one attached hydrogen (secondary N) is 1. The summed E-state index contributed by atoms with van der Waals surface area (Å²) in [5.41, 5.74) is -0.378.